The number of carbonyl (C=O) groups is 2. The Labute approximate surface area is 119 Å². The summed E-state index contributed by atoms with van der Waals surface area (Å²) in [6, 6.07) is 0. The molecular weight excluding hydrogens is 258 g/mol. The molecule has 2 N–H and O–H groups in total. The van der Waals surface area contributed by atoms with Crippen LogP contribution < -0.4 is 5.32 Å². The highest BCUT2D eigenvalue weighted by Crippen LogP contribution is 2.12. The number of hydrogen-bond donors (Lipinski definition) is 2. The normalized spacial score (nSPS) is 12.2. The number of carbonyl (C=O) groups excluding carboxylic acids is 1. The van der Waals surface area contributed by atoms with Gasteiger partial charge in [0.1, 0.15) is 0 Å². The first-order valence-electron chi connectivity index (χ1n) is 6.83. The van der Waals surface area contributed by atoms with E-state index < -0.39 is 5.97 Å². The van der Waals surface area contributed by atoms with Crippen LogP contribution in [0.1, 0.15) is 47.9 Å². The van der Waals surface area contributed by atoms with E-state index >= 15 is 0 Å². The Morgan fingerprint density at radius 2 is 2.00 bits per heavy atom. The van der Waals surface area contributed by atoms with Gasteiger partial charge in [0.2, 0.25) is 0 Å². The number of carboxylic acids is 1. The summed E-state index contributed by atoms with van der Waals surface area (Å²) < 4.78 is 1.69. The third kappa shape index (κ3) is 4.36. The molecule has 1 aromatic heterocycles. The Morgan fingerprint density at radius 3 is 2.50 bits per heavy atom. The average molecular weight is 281 g/mol. The summed E-state index contributed by atoms with van der Waals surface area (Å²) in [7, 11) is 1.81. The third-order valence-electron chi connectivity index (χ3n) is 3.51. The molecule has 1 amide bonds. The third-order valence-corrected chi connectivity index (χ3v) is 3.51. The van der Waals surface area contributed by atoms with Crippen LogP contribution in [0.25, 0.3) is 0 Å². The molecule has 6 nitrogen and oxygen atoms in total. The number of aryl methyl sites for hydroxylation is 2. The van der Waals surface area contributed by atoms with E-state index in [0.29, 0.717) is 18.5 Å². The Morgan fingerprint density at radius 1 is 1.35 bits per heavy atom. The molecule has 0 spiro atoms. The van der Waals surface area contributed by atoms with Crippen molar-refractivity contribution < 1.29 is 14.7 Å². The fourth-order valence-corrected chi connectivity index (χ4v) is 2.14. The van der Waals surface area contributed by atoms with Gasteiger partial charge in [0.15, 0.2) is 0 Å². The molecule has 1 heterocycles. The summed E-state index contributed by atoms with van der Waals surface area (Å²) in [6.07, 6.45) is 1.59. The average Bonchev–Trinajstić information content (AvgIpc) is 2.60. The van der Waals surface area contributed by atoms with Crippen LogP contribution in [-0.2, 0) is 11.8 Å². The minimum absolute atomic E-state index is 0.112. The maximum absolute atomic E-state index is 12.1. The second-order valence-corrected chi connectivity index (χ2v) is 5.25. The maximum Gasteiger partial charge on any atom is 0.303 e. The number of amides is 1. The van der Waals surface area contributed by atoms with Gasteiger partial charge < -0.3 is 10.4 Å². The van der Waals surface area contributed by atoms with Crippen LogP contribution in [0.2, 0.25) is 0 Å². The first kappa shape index (κ1) is 16.2. The van der Waals surface area contributed by atoms with Crippen LogP contribution in [-0.4, -0.2) is 33.3 Å². The van der Waals surface area contributed by atoms with Gasteiger partial charge in [0.05, 0.1) is 11.3 Å². The molecule has 0 radical (unpaired) electrons. The standard InChI is InChI=1S/C14H23N3O3/c1-9(5-6-12(18)19)7-8-15-14(20)13-10(2)16-17(4)11(13)3/h9H,5-8H2,1-4H3,(H,15,20)(H,18,19). The summed E-state index contributed by atoms with van der Waals surface area (Å²) in [5, 5.41) is 15.7. The maximum atomic E-state index is 12.1. The first-order chi connectivity index (χ1) is 9.32. The lowest BCUT2D eigenvalue weighted by Crippen LogP contribution is -2.26. The smallest absolute Gasteiger partial charge is 0.303 e. The van der Waals surface area contributed by atoms with Gasteiger partial charge in [0.25, 0.3) is 5.91 Å². The summed E-state index contributed by atoms with van der Waals surface area (Å²) in [4.78, 5) is 22.6. The zero-order chi connectivity index (χ0) is 15.3. The predicted molar refractivity (Wildman–Crippen MR) is 75.7 cm³/mol. The van der Waals surface area contributed by atoms with Gasteiger partial charge in [-0.1, -0.05) is 6.92 Å². The van der Waals surface area contributed by atoms with Crippen LogP contribution >= 0.6 is 0 Å². The molecule has 0 aliphatic carbocycles. The van der Waals surface area contributed by atoms with Gasteiger partial charge in [-0.05, 0) is 32.6 Å². The zero-order valence-electron chi connectivity index (χ0n) is 12.6. The predicted octanol–water partition coefficient (Wildman–Crippen LogP) is 1.66. The number of hydrogen-bond acceptors (Lipinski definition) is 3. The summed E-state index contributed by atoms with van der Waals surface area (Å²) >= 11 is 0. The molecule has 0 aliphatic rings. The highest BCUT2D eigenvalue weighted by molar-refractivity contribution is 5.96. The lowest BCUT2D eigenvalue weighted by Gasteiger charge is -2.11. The van der Waals surface area contributed by atoms with Crippen molar-refractivity contribution in [3.63, 3.8) is 0 Å². The van der Waals surface area contributed by atoms with E-state index in [-0.39, 0.29) is 18.2 Å². The molecule has 1 unspecified atom stereocenters. The van der Waals surface area contributed by atoms with Crippen LogP contribution in [0.15, 0.2) is 0 Å². The molecular formula is C14H23N3O3. The van der Waals surface area contributed by atoms with Gasteiger partial charge in [-0.2, -0.15) is 5.10 Å². The van der Waals surface area contributed by atoms with E-state index in [4.69, 9.17) is 5.11 Å². The van der Waals surface area contributed by atoms with E-state index in [2.05, 4.69) is 10.4 Å². The summed E-state index contributed by atoms with van der Waals surface area (Å²) in [6.45, 7) is 6.23. The molecule has 20 heavy (non-hydrogen) atoms. The quantitative estimate of drug-likeness (QED) is 0.796. The number of rotatable bonds is 7. The minimum Gasteiger partial charge on any atom is -0.481 e. The van der Waals surface area contributed by atoms with Crippen LogP contribution in [0.4, 0.5) is 0 Å². The molecule has 0 bridgehead atoms. The van der Waals surface area contributed by atoms with E-state index in [0.717, 1.165) is 17.8 Å². The largest absolute Gasteiger partial charge is 0.481 e. The molecule has 0 aromatic carbocycles. The van der Waals surface area contributed by atoms with Crippen molar-refractivity contribution in [1.29, 1.82) is 0 Å². The molecule has 0 aliphatic heterocycles. The summed E-state index contributed by atoms with van der Waals surface area (Å²) in [5.74, 6) is -0.608. The Kier molecular flexibility index (Phi) is 5.73. The Bertz CT molecular complexity index is 494. The van der Waals surface area contributed by atoms with Gasteiger partial charge in [0, 0.05) is 25.7 Å². The molecule has 1 atom stereocenters. The number of nitrogens with one attached hydrogen (secondary N) is 1. The molecule has 1 rings (SSSR count). The van der Waals surface area contributed by atoms with Crippen LogP contribution in [0.3, 0.4) is 0 Å². The molecule has 0 fully saturated rings. The lowest BCUT2D eigenvalue weighted by atomic mass is 10.0. The summed E-state index contributed by atoms with van der Waals surface area (Å²) in [5.41, 5.74) is 2.20. The Hall–Kier alpha value is -1.85. The van der Waals surface area contributed by atoms with E-state index in [1.807, 2.05) is 27.8 Å². The van der Waals surface area contributed by atoms with Crippen molar-refractivity contribution in [1.82, 2.24) is 15.1 Å². The van der Waals surface area contributed by atoms with Gasteiger partial charge in [-0.3, -0.25) is 14.3 Å². The fraction of sp³-hybridized carbons (Fsp3) is 0.643. The molecule has 1 aromatic rings. The monoisotopic (exact) mass is 281 g/mol. The number of nitrogens with zero attached hydrogens (tertiary/aromatic N) is 2. The van der Waals surface area contributed by atoms with Crippen molar-refractivity contribution >= 4 is 11.9 Å². The van der Waals surface area contributed by atoms with E-state index in [1.54, 1.807) is 4.68 Å². The van der Waals surface area contributed by atoms with E-state index in [1.165, 1.54) is 0 Å². The second kappa shape index (κ2) is 7.07. The van der Waals surface area contributed by atoms with Crippen molar-refractivity contribution in [3.05, 3.63) is 17.0 Å². The highest BCUT2D eigenvalue weighted by Gasteiger charge is 2.17. The number of aromatic nitrogens is 2. The molecule has 112 valence electrons. The zero-order valence-corrected chi connectivity index (χ0v) is 12.6. The fourth-order valence-electron chi connectivity index (χ4n) is 2.14. The van der Waals surface area contributed by atoms with Crippen LogP contribution in [0.5, 0.6) is 0 Å². The Balaban J connectivity index is 2.42. The van der Waals surface area contributed by atoms with Crippen molar-refractivity contribution in [2.24, 2.45) is 13.0 Å². The van der Waals surface area contributed by atoms with Crippen molar-refractivity contribution in [2.75, 3.05) is 6.54 Å². The second-order valence-electron chi connectivity index (χ2n) is 5.25. The lowest BCUT2D eigenvalue weighted by molar-refractivity contribution is -0.137. The minimum atomic E-state index is -0.775. The SMILES string of the molecule is Cc1nn(C)c(C)c1C(=O)NCCC(C)CCC(=O)O. The molecule has 0 saturated carbocycles. The van der Waals surface area contributed by atoms with E-state index in [9.17, 15) is 9.59 Å². The van der Waals surface area contributed by atoms with Gasteiger partial charge in [-0.25, -0.2) is 0 Å². The first-order valence-corrected chi connectivity index (χ1v) is 6.83. The van der Waals surface area contributed by atoms with Crippen molar-refractivity contribution in [2.45, 2.75) is 40.0 Å². The highest BCUT2D eigenvalue weighted by atomic mass is 16.4. The molecule has 0 saturated heterocycles. The number of carboxylic acid groups (broad SMARTS) is 1. The number of aliphatic carboxylic acids is 1. The molecule has 6 heteroatoms. The topological polar surface area (TPSA) is 84.2 Å². The van der Waals surface area contributed by atoms with Gasteiger partial charge in [-0.15, -0.1) is 0 Å². The van der Waals surface area contributed by atoms with Gasteiger partial charge >= 0.3 is 5.97 Å². The van der Waals surface area contributed by atoms with Crippen LogP contribution in [0, 0.1) is 19.8 Å². The van der Waals surface area contributed by atoms with Crippen molar-refractivity contribution in [3.8, 4) is 0 Å².